The Labute approximate surface area is 122 Å². The zero-order valence-electron chi connectivity index (χ0n) is 12.5. The summed E-state index contributed by atoms with van der Waals surface area (Å²) < 4.78 is 33.2. The molecule has 7 heteroatoms. The van der Waals surface area contributed by atoms with Crippen LogP contribution in [0.1, 0.15) is 33.6 Å². The summed E-state index contributed by atoms with van der Waals surface area (Å²) in [6.45, 7) is 7.56. The Morgan fingerprint density at radius 1 is 1.38 bits per heavy atom. The minimum Gasteiger partial charge on any atom is -0.481 e. The number of hydrogen-bond acceptors (Lipinski definition) is 3. The summed E-state index contributed by atoms with van der Waals surface area (Å²) in [6, 6.07) is 0. The van der Waals surface area contributed by atoms with Crippen molar-refractivity contribution in [2.45, 2.75) is 45.1 Å². The summed E-state index contributed by atoms with van der Waals surface area (Å²) in [4.78, 5) is 24.4. The number of carbonyl (C=O) groups excluding carboxylic acids is 1. The number of ether oxygens (including phenoxy) is 1. The van der Waals surface area contributed by atoms with E-state index in [1.54, 1.807) is 20.8 Å². The van der Waals surface area contributed by atoms with E-state index < -0.39 is 35.5 Å². The molecule has 0 radical (unpaired) electrons. The average molecular weight is 305 g/mol. The molecule has 0 spiro atoms. The Bertz CT molecular complexity index is 445. The summed E-state index contributed by atoms with van der Waals surface area (Å²) in [5, 5.41) is 9.28. The van der Waals surface area contributed by atoms with E-state index in [9.17, 15) is 23.5 Å². The van der Waals surface area contributed by atoms with Crippen LogP contribution in [0.3, 0.4) is 0 Å². The summed E-state index contributed by atoms with van der Waals surface area (Å²) in [6.07, 6.45) is -0.511. The van der Waals surface area contributed by atoms with Crippen LogP contribution in [0.2, 0.25) is 0 Å². The molecule has 1 atom stereocenters. The highest BCUT2D eigenvalue weighted by molar-refractivity contribution is 5.78. The van der Waals surface area contributed by atoms with Crippen molar-refractivity contribution in [1.29, 1.82) is 0 Å². The molecular formula is C14H21F2NO4. The minimum absolute atomic E-state index is 0.162. The fourth-order valence-electron chi connectivity index (χ4n) is 2.32. The largest absolute Gasteiger partial charge is 0.481 e. The fourth-order valence-corrected chi connectivity index (χ4v) is 2.32. The Hall–Kier alpha value is -1.66. The van der Waals surface area contributed by atoms with Gasteiger partial charge in [-0.3, -0.25) is 4.79 Å². The van der Waals surface area contributed by atoms with Crippen molar-refractivity contribution < 1.29 is 28.2 Å². The van der Waals surface area contributed by atoms with Gasteiger partial charge >= 0.3 is 12.1 Å². The first-order chi connectivity index (χ1) is 9.45. The number of piperidine rings is 1. The molecule has 1 aliphatic rings. The zero-order valence-corrected chi connectivity index (χ0v) is 12.5. The smallest absolute Gasteiger partial charge is 0.410 e. The summed E-state index contributed by atoms with van der Waals surface area (Å²) in [7, 11) is 0. The molecule has 0 aromatic carbocycles. The van der Waals surface area contributed by atoms with E-state index in [4.69, 9.17) is 4.74 Å². The van der Waals surface area contributed by atoms with Gasteiger partial charge < -0.3 is 14.7 Å². The summed E-state index contributed by atoms with van der Waals surface area (Å²) >= 11 is 0. The number of amides is 1. The van der Waals surface area contributed by atoms with Crippen molar-refractivity contribution in [1.82, 2.24) is 4.90 Å². The molecule has 0 saturated carbocycles. The first-order valence-electron chi connectivity index (χ1n) is 6.68. The number of rotatable bonds is 3. The van der Waals surface area contributed by atoms with Gasteiger partial charge in [0, 0.05) is 13.1 Å². The van der Waals surface area contributed by atoms with Gasteiger partial charge in [-0.25, -0.2) is 13.6 Å². The van der Waals surface area contributed by atoms with Crippen molar-refractivity contribution in [2.75, 3.05) is 13.1 Å². The highest BCUT2D eigenvalue weighted by Crippen LogP contribution is 2.45. The lowest BCUT2D eigenvalue weighted by molar-refractivity contribution is -0.177. The highest BCUT2D eigenvalue weighted by Gasteiger charge is 2.60. The number of aliphatic carboxylic acids is 1. The second-order valence-corrected chi connectivity index (χ2v) is 6.22. The van der Waals surface area contributed by atoms with E-state index in [-0.39, 0.29) is 19.4 Å². The first kappa shape index (κ1) is 17.4. The van der Waals surface area contributed by atoms with Crippen molar-refractivity contribution in [2.24, 2.45) is 5.41 Å². The second-order valence-electron chi connectivity index (χ2n) is 6.22. The average Bonchev–Trinajstić information content (AvgIpc) is 2.36. The minimum atomic E-state index is -3.61. The maximum atomic E-state index is 14.0. The molecule has 120 valence electrons. The Morgan fingerprint density at radius 3 is 2.38 bits per heavy atom. The number of likely N-dealkylation sites (tertiary alicyclic amines) is 1. The Balaban J connectivity index is 3.03. The van der Waals surface area contributed by atoms with Crippen molar-refractivity contribution in [3.05, 3.63) is 12.7 Å². The molecule has 0 bridgehead atoms. The number of alkyl halides is 2. The van der Waals surface area contributed by atoms with Crippen LogP contribution in [0.25, 0.3) is 0 Å². The van der Waals surface area contributed by atoms with Gasteiger partial charge in [0.1, 0.15) is 5.60 Å². The maximum Gasteiger partial charge on any atom is 0.410 e. The lowest BCUT2D eigenvalue weighted by atomic mass is 9.74. The fraction of sp³-hybridized carbons (Fsp3) is 0.714. The second kappa shape index (κ2) is 5.61. The molecule has 21 heavy (non-hydrogen) atoms. The molecular weight excluding hydrogens is 284 g/mol. The van der Waals surface area contributed by atoms with Gasteiger partial charge in [-0.2, -0.15) is 0 Å². The predicted molar refractivity (Wildman–Crippen MR) is 72.3 cm³/mol. The third kappa shape index (κ3) is 3.51. The predicted octanol–water partition coefficient (Wildman–Crippen LogP) is 2.91. The van der Waals surface area contributed by atoms with Crippen LogP contribution in [0, 0.1) is 5.41 Å². The van der Waals surface area contributed by atoms with Crippen LogP contribution in [-0.4, -0.2) is 46.7 Å². The number of halogens is 2. The van der Waals surface area contributed by atoms with Gasteiger partial charge in [0.2, 0.25) is 0 Å². The molecule has 1 heterocycles. The molecule has 1 amide bonds. The van der Waals surface area contributed by atoms with E-state index in [1.807, 2.05) is 0 Å². The third-order valence-electron chi connectivity index (χ3n) is 3.45. The molecule has 5 nitrogen and oxygen atoms in total. The summed E-state index contributed by atoms with van der Waals surface area (Å²) in [5.41, 5.74) is -3.13. The topological polar surface area (TPSA) is 66.8 Å². The van der Waals surface area contributed by atoms with Gasteiger partial charge in [-0.15, -0.1) is 0 Å². The van der Waals surface area contributed by atoms with Crippen LogP contribution >= 0.6 is 0 Å². The molecule has 1 aliphatic heterocycles. The van der Waals surface area contributed by atoms with Crippen molar-refractivity contribution in [3.8, 4) is 0 Å². The molecule has 0 aromatic rings. The van der Waals surface area contributed by atoms with Gasteiger partial charge in [0.05, 0.1) is 0 Å². The van der Waals surface area contributed by atoms with Crippen LogP contribution in [0.5, 0.6) is 0 Å². The maximum absolute atomic E-state index is 14.0. The first-order valence-corrected chi connectivity index (χ1v) is 6.68. The molecule has 1 N–H and O–H groups in total. The molecule has 1 saturated heterocycles. The van der Waals surface area contributed by atoms with Crippen LogP contribution < -0.4 is 0 Å². The van der Waals surface area contributed by atoms with E-state index in [2.05, 4.69) is 6.58 Å². The van der Waals surface area contributed by atoms with Gasteiger partial charge in [0.25, 0.3) is 5.92 Å². The Kier molecular flexibility index (Phi) is 4.65. The van der Waals surface area contributed by atoms with Crippen LogP contribution in [-0.2, 0) is 9.53 Å². The standard InChI is InChI=1S/C14H21F2NO4/c1-5-14(15,16)13(10(18)19)7-6-8-17(9-13)11(20)21-12(2,3)4/h5H,1,6-9H2,2-4H3,(H,18,19). The number of allylic oxidation sites excluding steroid dienone is 1. The lowest BCUT2D eigenvalue weighted by Crippen LogP contribution is -2.58. The molecule has 0 aliphatic carbocycles. The zero-order chi connectivity index (χ0) is 16.5. The summed E-state index contributed by atoms with van der Waals surface area (Å²) in [5.74, 6) is -5.25. The molecule has 0 aromatic heterocycles. The third-order valence-corrected chi connectivity index (χ3v) is 3.45. The van der Waals surface area contributed by atoms with E-state index >= 15 is 0 Å². The SMILES string of the molecule is C=CC(F)(F)C1(C(=O)O)CCCN(C(=O)OC(C)(C)C)C1. The van der Waals surface area contributed by atoms with Gasteiger partial charge in [-0.1, -0.05) is 6.58 Å². The normalized spacial score (nSPS) is 23.6. The lowest BCUT2D eigenvalue weighted by Gasteiger charge is -2.43. The van der Waals surface area contributed by atoms with Crippen LogP contribution in [0.4, 0.5) is 13.6 Å². The molecule has 1 fully saturated rings. The Morgan fingerprint density at radius 2 is 1.95 bits per heavy atom. The number of carboxylic acids is 1. The quantitative estimate of drug-likeness (QED) is 0.814. The van der Waals surface area contributed by atoms with Gasteiger partial charge in [-0.05, 0) is 39.7 Å². The van der Waals surface area contributed by atoms with Gasteiger partial charge in [0.15, 0.2) is 5.41 Å². The van der Waals surface area contributed by atoms with Crippen molar-refractivity contribution >= 4 is 12.1 Å². The number of nitrogens with zero attached hydrogens (tertiary/aromatic N) is 1. The monoisotopic (exact) mass is 305 g/mol. The highest BCUT2D eigenvalue weighted by atomic mass is 19.3. The van der Waals surface area contributed by atoms with E-state index in [0.29, 0.717) is 6.08 Å². The molecule has 1 unspecified atom stereocenters. The van der Waals surface area contributed by atoms with Crippen molar-refractivity contribution in [3.63, 3.8) is 0 Å². The van der Waals surface area contributed by atoms with Crippen LogP contribution in [0.15, 0.2) is 12.7 Å². The molecule has 1 rings (SSSR count). The van der Waals surface area contributed by atoms with E-state index in [0.717, 1.165) is 4.90 Å². The number of hydrogen-bond donors (Lipinski definition) is 1. The van der Waals surface area contributed by atoms with E-state index in [1.165, 1.54) is 0 Å². The number of carbonyl (C=O) groups is 2. The number of carboxylic acid groups (broad SMARTS) is 1.